The van der Waals surface area contributed by atoms with E-state index in [2.05, 4.69) is 64.4 Å². The number of methoxy groups -OCH3 is 1. The van der Waals surface area contributed by atoms with Crippen LogP contribution < -0.4 is 15.0 Å². The lowest BCUT2D eigenvalue weighted by atomic mass is 9.88. The third kappa shape index (κ3) is 8.79. The average molecular weight is 668 g/mol. The Hall–Kier alpha value is -3.50. The van der Waals surface area contributed by atoms with E-state index in [0.717, 1.165) is 61.9 Å². The molecule has 1 heterocycles. The summed E-state index contributed by atoms with van der Waals surface area (Å²) in [7, 11) is 7.34. The fourth-order valence-corrected chi connectivity index (χ4v) is 5.63. The number of aryl methyl sites for hydroxylation is 1. The number of hydrogen-bond donors (Lipinski definition) is 1. The number of alkyl halides is 1. The van der Waals surface area contributed by atoms with Gasteiger partial charge in [0.1, 0.15) is 11.4 Å². The quantitative estimate of drug-likeness (QED) is 0.0875. The summed E-state index contributed by atoms with van der Waals surface area (Å²) in [6.07, 6.45) is 10.5. The number of allylic oxidation sites excluding steroid dienone is 1. The Morgan fingerprint density at radius 1 is 1.09 bits per heavy atom. The predicted octanol–water partition coefficient (Wildman–Crippen LogP) is 8.17. The van der Waals surface area contributed by atoms with E-state index in [1.807, 2.05) is 37.9 Å². The molecule has 0 radical (unpaired) electrons. The Balaban J connectivity index is 2.09. The monoisotopic (exact) mass is 666 g/mol. The molecular weight excluding hydrogens is 620 g/mol. The zero-order valence-electron chi connectivity index (χ0n) is 27.2. The van der Waals surface area contributed by atoms with Crippen LogP contribution in [0.3, 0.4) is 0 Å². The van der Waals surface area contributed by atoms with Gasteiger partial charge in [-0.15, -0.1) is 0 Å². The molecule has 0 amide bonds. The second-order valence-corrected chi connectivity index (χ2v) is 11.8. The molecule has 0 atom stereocenters. The third-order valence-electron chi connectivity index (χ3n) is 7.73. The van der Waals surface area contributed by atoms with Gasteiger partial charge in [-0.25, -0.2) is 9.97 Å². The van der Waals surface area contributed by atoms with E-state index in [1.54, 1.807) is 19.4 Å². The highest BCUT2D eigenvalue weighted by Gasteiger charge is 2.23. The van der Waals surface area contributed by atoms with Gasteiger partial charge in [-0.05, 0) is 63.4 Å². The van der Waals surface area contributed by atoms with E-state index < -0.39 is 0 Å². The maximum atomic E-state index is 12.1. The molecule has 0 saturated heterocycles. The molecule has 0 spiro atoms. The Morgan fingerprint density at radius 2 is 1.82 bits per heavy atom. The fourth-order valence-electron chi connectivity index (χ4n) is 5.22. The summed E-state index contributed by atoms with van der Waals surface area (Å²) in [4.78, 5) is 25.3. The molecule has 0 fully saturated rings. The van der Waals surface area contributed by atoms with Gasteiger partial charge >= 0.3 is 0 Å². The van der Waals surface area contributed by atoms with Gasteiger partial charge in [0.25, 0.3) is 5.69 Å². The zero-order chi connectivity index (χ0) is 32.2. The summed E-state index contributed by atoms with van der Waals surface area (Å²) in [6.45, 7) is 7.87. The van der Waals surface area contributed by atoms with Crippen molar-refractivity contribution in [2.75, 3.05) is 51.6 Å². The minimum absolute atomic E-state index is 0.0227. The Kier molecular flexibility index (Phi) is 13.6. The molecule has 0 aliphatic rings. The highest BCUT2D eigenvalue weighted by atomic mass is 79.9. The normalized spacial score (nSPS) is 11.6. The lowest BCUT2D eigenvalue weighted by molar-refractivity contribution is -0.384. The maximum Gasteiger partial charge on any atom is 0.294 e. The number of benzene rings is 2. The van der Waals surface area contributed by atoms with Crippen LogP contribution >= 0.6 is 15.9 Å². The maximum absolute atomic E-state index is 12.1. The summed E-state index contributed by atoms with van der Waals surface area (Å²) in [5.41, 5.74) is 7.69. The van der Waals surface area contributed by atoms with Crippen molar-refractivity contribution in [1.29, 1.82) is 0 Å². The Morgan fingerprint density at radius 3 is 2.43 bits per heavy atom. The van der Waals surface area contributed by atoms with Gasteiger partial charge in [-0.1, -0.05) is 66.9 Å². The second kappa shape index (κ2) is 17.1. The van der Waals surface area contributed by atoms with Crippen LogP contribution in [-0.4, -0.2) is 61.1 Å². The predicted molar refractivity (Wildman–Crippen MR) is 186 cm³/mol. The molecular formula is C34H47BrN6O3. The van der Waals surface area contributed by atoms with Gasteiger partial charge in [0, 0.05) is 54.9 Å². The van der Waals surface area contributed by atoms with Crippen LogP contribution in [-0.2, 0) is 18.2 Å². The summed E-state index contributed by atoms with van der Waals surface area (Å²) >= 11 is 3.64. The summed E-state index contributed by atoms with van der Waals surface area (Å²) < 4.78 is 5.68. The van der Waals surface area contributed by atoms with Crippen LogP contribution in [0.4, 0.5) is 23.0 Å². The van der Waals surface area contributed by atoms with E-state index in [9.17, 15) is 10.1 Å². The number of anilines is 3. The number of nitrogens with one attached hydrogen (secondary N) is 1. The molecule has 3 rings (SSSR count). The SMILES string of the molecule is C/C=C(\c1cccc(CCCC)c1CCCC)c1nc(Nc2cc([N+](=O)[O-])c(N(C)CCN(C)C)cc2OC)ncc1CBr. The topological polar surface area (TPSA) is 96.7 Å². The third-order valence-corrected chi connectivity index (χ3v) is 8.33. The molecule has 238 valence electrons. The van der Waals surface area contributed by atoms with Crippen molar-refractivity contribution < 1.29 is 9.66 Å². The van der Waals surface area contributed by atoms with Gasteiger partial charge in [0.05, 0.1) is 23.4 Å². The van der Waals surface area contributed by atoms with Crippen LogP contribution in [0, 0.1) is 10.1 Å². The standard InChI is InChI=1S/C34H47BrN6O3/c1-8-11-14-24-15-13-17-28(27(24)16-12-9-2)26(10-3)33-25(22-35)23-36-34(38-33)37-29-20-31(41(42)43)30(21-32(29)44-7)40(6)19-18-39(4)5/h10,13,15,17,20-21,23H,8-9,11-12,14,16,18-19,22H2,1-7H3,(H,36,37,38)/b26-10+. The van der Waals surface area contributed by atoms with Crippen LogP contribution in [0.1, 0.15) is 74.4 Å². The Labute approximate surface area is 271 Å². The average Bonchev–Trinajstić information content (AvgIpc) is 3.02. The number of likely N-dealkylation sites (N-methyl/N-ethyl adjacent to an activating group) is 2. The molecule has 0 aliphatic heterocycles. The van der Waals surface area contributed by atoms with E-state index in [1.165, 1.54) is 22.8 Å². The van der Waals surface area contributed by atoms with Gasteiger partial charge < -0.3 is 19.9 Å². The number of nitro groups is 1. The molecule has 0 unspecified atom stereocenters. The fraction of sp³-hybridized carbons (Fsp3) is 0.471. The summed E-state index contributed by atoms with van der Waals surface area (Å²) in [5, 5.41) is 16.0. The van der Waals surface area contributed by atoms with Crippen LogP contribution in [0.5, 0.6) is 5.75 Å². The first kappa shape index (κ1) is 35.0. The summed E-state index contributed by atoms with van der Waals surface area (Å²) in [6, 6.07) is 9.80. The van der Waals surface area contributed by atoms with Crippen molar-refractivity contribution in [3.8, 4) is 5.75 Å². The van der Waals surface area contributed by atoms with E-state index in [4.69, 9.17) is 9.72 Å². The molecule has 1 N–H and O–H groups in total. The molecule has 2 aromatic carbocycles. The Bertz CT molecular complexity index is 1440. The van der Waals surface area contributed by atoms with Crippen molar-refractivity contribution >= 4 is 44.5 Å². The van der Waals surface area contributed by atoms with Crippen LogP contribution in [0.25, 0.3) is 5.57 Å². The van der Waals surface area contributed by atoms with Crippen molar-refractivity contribution in [1.82, 2.24) is 14.9 Å². The molecule has 0 aliphatic carbocycles. The number of ether oxygens (including phenoxy) is 1. The number of unbranched alkanes of at least 4 members (excludes halogenated alkanes) is 2. The van der Waals surface area contributed by atoms with Crippen molar-refractivity contribution in [2.24, 2.45) is 0 Å². The van der Waals surface area contributed by atoms with Gasteiger partial charge in [0.2, 0.25) is 5.95 Å². The van der Waals surface area contributed by atoms with Gasteiger partial charge in [0.15, 0.2) is 0 Å². The van der Waals surface area contributed by atoms with E-state index >= 15 is 0 Å². The molecule has 0 saturated carbocycles. The minimum Gasteiger partial charge on any atom is -0.494 e. The number of nitro benzene ring substituents is 1. The molecule has 3 aromatic rings. The number of rotatable bonds is 17. The van der Waals surface area contributed by atoms with Crippen molar-refractivity contribution in [3.63, 3.8) is 0 Å². The van der Waals surface area contributed by atoms with Crippen molar-refractivity contribution in [2.45, 2.75) is 64.6 Å². The zero-order valence-corrected chi connectivity index (χ0v) is 28.8. The summed E-state index contributed by atoms with van der Waals surface area (Å²) in [5.74, 6) is 0.802. The smallest absolute Gasteiger partial charge is 0.294 e. The number of aromatic nitrogens is 2. The van der Waals surface area contributed by atoms with Crippen molar-refractivity contribution in [3.05, 3.63) is 80.7 Å². The number of nitrogens with zero attached hydrogens (tertiary/aromatic N) is 5. The number of halogens is 1. The molecule has 0 bridgehead atoms. The number of hydrogen-bond acceptors (Lipinski definition) is 8. The molecule has 1 aromatic heterocycles. The first-order chi connectivity index (χ1) is 21.2. The molecule has 9 nitrogen and oxygen atoms in total. The first-order valence-corrected chi connectivity index (χ1v) is 16.5. The highest BCUT2D eigenvalue weighted by molar-refractivity contribution is 9.08. The van der Waals surface area contributed by atoms with E-state index in [-0.39, 0.29) is 10.6 Å². The van der Waals surface area contributed by atoms with E-state index in [0.29, 0.717) is 34.9 Å². The largest absolute Gasteiger partial charge is 0.494 e. The highest BCUT2D eigenvalue weighted by Crippen LogP contribution is 2.39. The van der Waals surface area contributed by atoms with Crippen LogP contribution in [0.15, 0.2) is 42.6 Å². The molecule has 10 heteroatoms. The van der Waals surface area contributed by atoms with Crippen LogP contribution in [0.2, 0.25) is 0 Å². The molecule has 44 heavy (non-hydrogen) atoms. The minimum atomic E-state index is -0.367. The van der Waals surface area contributed by atoms with Gasteiger partial charge in [-0.3, -0.25) is 10.1 Å². The lowest BCUT2D eigenvalue weighted by Crippen LogP contribution is -2.29. The first-order valence-electron chi connectivity index (χ1n) is 15.4. The second-order valence-electron chi connectivity index (χ2n) is 11.2. The lowest BCUT2D eigenvalue weighted by Gasteiger charge is -2.23. The van der Waals surface area contributed by atoms with Gasteiger partial charge in [-0.2, -0.15) is 0 Å².